The summed E-state index contributed by atoms with van der Waals surface area (Å²) in [6.07, 6.45) is 10.1. The Balaban J connectivity index is 1.39. The van der Waals surface area contributed by atoms with Crippen molar-refractivity contribution in [1.29, 1.82) is 0 Å². The topological polar surface area (TPSA) is 124 Å². The van der Waals surface area contributed by atoms with Gasteiger partial charge < -0.3 is 4.74 Å². The Morgan fingerprint density at radius 1 is 0.911 bits per heavy atom. The van der Waals surface area contributed by atoms with Gasteiger partial charge in [0.2, 0.25) is 0 Å². The summed E-state index contributed by atoms with van der Waals surface area (Å²) in [5.41, 5.74) is 3.40. The molecule has 0 amide bonds. The van der Waals surface area contributed by atoms with E-state index in [-0.39, 0.29) is 41.7 Å². The van der Waals surface area contributed by atoms with E-state index in [0.29, 0.717) is 50.0 Å². The number of Topliss-reactive ketones (excluding diaryl/α,β-unsaturated/α-hetero) is 1. The predicted molar refractivity (Wildman–Crippen MR) is 178 cm³/mol. The Bertz CT molecular complexity index is 1670. The number of hydrogen-bond donors (Lipinski definition) is 1. The van der Waals surface area contributed by atoms with Gasteiger partial charge in [0.25, 0.3) is 0 Å². The van der Waals surface area contributed by atoms with Gasteiger partial charge >= 0.3 is 5.97 Å². The number of sulfone groups is 1. The zero-order valence-electron chi connectivity index (χ0n) is 26.2. The van der Waals surface area contributed by atoms with Crippen molar-refractivity contribution in [3.8, 4) is 5.75 Å². The smallest absolute Gasteiger partial charge is 0.314 e. The van der Waals surface area contributed by atoms with Crippen LogP contribution in [0.2, 0.25) is 0 Å². The number of carbonyl (C=O) groups is 2. The van der Waals surface area contributed by atoms with Gasteiger partial charge in [0, 0.05) is 29.6 Å². The van der Waals surface area contributed by atoms with Crippen LogP contribution in [0.1, 0.15) is 81.9 Å². The average Bonchev–Trinajstić information content (AvgIpc) is 3.27. The highest BCUT2D eigenvalue weighted by atomic mass is 32.2. The summed E-state index contributed by atoms with van der Waals surface area (Å²) in [4.78, 5) is 31.9. The maximum atomic E-state index is 13.5. The molecule has 2 aromatic rings. The van der Waals surface area contributed by atoms with Crippen LogP contribution in [-0.2, 0) is 42.0 Å². The van der Waals surface area contributed by atoms with E-state index < -0.39 is 31.2 Å². The lowest BCUT2D eigenvalue weighted by Gasteiger charge is -2.28. The molecular weight excluding hydrogens is 611 g/mol. The molecule has 0 unspecified atom stereocenters. The molecule has 0 saturated heterocycles. The number of nitrogens with zero attached hydrogens (tertiary/aromatic N) is 1. The second kappa shape index (κ2) is 13.7. The van der Waals surface area contributed by atoms with Crippen molar-refractivity contribution in [2.45, 2.75) is 82.3 Å². The third kappa shape index (κ3) is 7.83. The standard InChI is InChI=1S/C35H43NO7S2/c1-35(2)31(20-11-23-7-5-4-6-8-23)36-33-27(21-29(37)25-12-9-24(10-13-25)22-44(39)40)16-19-30(32(33)35)43-34(38)26-14-17-28(18-15-26)45(3,41)42/h4-8,11,16,19-20,24-26,28,44H,9-10,12-15,17-18,21-22H2,1-3H3/b20-11+/t24?,25?,26-,28-. The first kappa shape index (κ1) is 33.3. The van der Waals surface area contributed by atoms with Gasteiger partial charge in [-0.15, -0.1) is 0 Å². The Hall–Kier alpha value is -3.11. The number of carbonyl (C=O) groups excluding carboxylic acids is 2. The molecule has 3 aliphatic rings. The highest BCUT2D eigenvalue weighted by Crippen LogP contribution is 2.48. The molecule has 0 N–H and O–H groups in total. The zero-order valence-corrected chi connectivity index (χ0v) is 27.9. The summed E-state index contributed by atoms with van der Waals surface area (Å²) >= 11 is 0. The monoisotopic (exact) mass is 653 g/mol. The summed E-state index contributed by atoms with van der Waals surface area (Å²) in [6, 6.07) is 13.5. The molecule has 5 rings (SSSR count). The van der Waals surface area contributed by atoms with Gasteiger partial charge in [-0.05, 0) is 94.4 Å². The SMILES string of the molecule is CC1(C)C(/C=C/c2ccccc2)=Nc2c(CC(=O)C3CCC(C[SH](=O)=O)CC3)ccc(OC(=O)[C@H]3CC[C@H](S(C)(=O)=O)CC3)c21. The van der Waals surface area contributed by atoms with Crippen LogP contribution in [-0.4, -0.2) is 51.6 Å². The lowest BCUT2D eigenvalue weighted by molar-refractivity contribution is -0.140. The second-order valence-corrected chi connectivity index (χ2v) is 16.8. The lowest BCUT2D eigenvalue weighted by Crippen LogP contribution is -2.32. The molecule has 0 aromatic heterocycles. The van der Waals surface area contributed by atoms with E-state index in [1.807, 2.05) is 62.4 Å². The maximum absolute atomic E-state index is 13.5. The van der Waals surface area contributed by atoms with E-state index in [1.165, 1.54) is 6.26 Å². The maximum Gasteiger partial charge on any atom is 0.314 e. The van der Waals surface area contributed by atoms with Crippen molar-refractivity contribution in [2.75, 3.05) is 12.0 Å². The van der Waals surface area contributed by atoms with E-state index in [1.54, 1.807) is 6.07 Å². The number of rotatable bonds is 10. The summed E-state index contributed by atoms with van der Waals surface area (Å²) in [5.74, 6) is -0.00903. The van der Waals surface area contributed by atoms with Crippen molar-refractivity contribution in [3.05, 3.63) is 65.2 Å². The second-order valence-electron chi connectivity index (χ2n) is 13.4. The number of hydrogen-bond acceptors (Lipinski definition) is 8. The summed E-state index contributed by atoms with van der Waals surface area (Å²) in [6.45, 7) is 4.07. The third-order valence-electron chi connectivity index (χ3n) is 9.85. The van der Waals surface area contributed by atoms with E-state index in [4.69, 9.17) is 9.73 Å². The van der Waals surface area contributed by atoms with Crippen molar-refractivity contribution < 1.29 is 31.2 Å². The number of fused-ring (bicyclic) bond motifs is 1. The van der Waals surface area contributed by atoms with Crippen LogP contribution >= 0.6 is 0 Å². The summed E-state index contributed by atoms with van der Waals surface area (Å²) in [5, 5.41) is -0.417. The minimum atomic E-state index is -3.15. The minimum Gasteiger partial charge on any atom is -0.426 e. The fourth-order valence-corrected chi connectivity index (χ4v) is 8.99. The van der Waals surface area contributed by atoms with Crippen molar-refractivity contribution in [2.24, 2.45) is 22.7 Å². The van der Waals surface area contributed by atoms with Gasteiger partial charge in [-0.3, -0.25) is 14.6 Å². The normalized spacial score (nSPS) is 24.8. The van der Waals surface area contributed by atoms with Crippen LogP contribution in [0.25, 0.3) is 6.08 Å². The van der Waals surface area contributed by atoms with E-state index in [0.717, 1.165) is 35.2 Å². The zero-order chi connectivity index (χ0) is 32.4. The van der Waals surface area contributed by atoms with Crippen LogP contribution in [0, 0.1) is 17.8 Å². The van der Waals surface area contributed by atoms with E-state index in [9.17, 15) is 26.4 Å². The highest BCUT2D eigenvalue weighted by Gasteiger charge is 2.40. The molecule has 2 fully saturated rings. The van der Waals surface area contributed by atoms with E-state index in [2.05, 4.69) is 0 Å². The first-order chi connectivity index (χ1) is 21.3. The van der Waals surface area contributed by atoms with E-state index >= 15 is 0 Å². The molecule has 2 aliphatic carbocycles. The molecule has 0 spiro atoms. The number of thiol groups is 1. The number of esters is 1. The van der Waals surface area contributed by atoms with Crippen molar-refractivity contribution >= 4 is 49.8 Å². The van der Waals surface area contributed by atoms with Gasteiger partial charge in [-0.2, -0.15) is 0 Å². The minimum absolute atomic E-state index is 0.114. The van der Waals surface area contributed by atoms with Crippen molar-refractivity contribution in [3.63, 3.8) is 0 Å². The van der Waals surface area contributed by atoms with Crippen LogP contribution in [0.15, 0.2) is 53.5 Å². The quantitative estimate of drug-likeness (QED) is 0.195. The molecule has 10 heteroatoms. The van der Waals surface area contributed by atoms with Crippen LogP contribution in [0.4, 0.5) is 5.69 Å². The summed E-state index contributed by atoms with van der Waals surface area (Å²) in [7, 11) is -5.56. The lowest BCUT2D eigenvalue weighted by atomic mass is 9.78. The molecule has 242 valence electrons. The van der Waals surface area contributed by atoms with Gasteiger partial charge in [0.05, 0.1) is 28.3 Å². The Kier molecular flexibility index (Phi) is 10.1. The summed E-state index contributed by atoms with van der Waals surface area (Å²) < 4.78 is 52.4. The molecule has 0 bridgehead atoms. The molecule has 1 heterocycles. The molecule has 0 atom stereocenters. The fourth-order valence-electron chi connectivity index (χ4n) is 7.08. The van der Waals surface area contributed by atoms with Crippen LogP contribution in [0.5, 0.6) is 5.75 Å². The fraction of sp³-hybridized carbons (Fsp3) is 0.514. The number of ether oxygens (including phenoxy) is 1. The number of allylic oxidation sites excluding steroid dienone is 1. The Labute approximate surface area is 268 Å². The van der Waals surface area contributed by atoms with Gasteiger partial charge in [0.1, 0.15) is 32.1 Å². The average molecular weight is 654 g/mol. The van der Waals surface area contributed by atoms with Crippen LogP contribution < -0.4 is 4.74 Å². The molecule has 2 saturated carbocycles. The Morgan fingerprint density at radius 3 is 2.18 bits per heavy atom. The highest BCUT2D eigenvalue weighted by molar-refractivity contribution is 7.91. The molecule has 2 aromatic carbocycles. The van der Waals surface area contributed by atoms with Crippen LogP contribution in [0.3, 0.4) is 0 Å². The molecule has 45 heavy (non-hydrogen) atoms. The Morgan fingerprint density at radius 2 is 1.56 bits per heavy atom. The van der Waals surface area contributed by atoms with Gasteiger partial charge in [0.15, 0.2) is 0 Å². The predicted octanol–water partition coefficient (Wildman–Crippen LogP) is 5.80. The molecule has 8 nitrogen and oxygen atoms in total. The van der Waals surface area contributed by atoms with Gasteiger partial charge in [-0.1, -0.05) is 42.5 Å². The third-order valence-corrected chi connectivity index (χ3v) is 12.3. The first-order valence-corrected chi connectivity index (χ1v) is 19.2. The number of aliphatic imine (C=N–C) groups is 1. The first-order valence-electron chi connectivity index (χ1n) is 15.9. The van der Waals surface area contributed by atoms with Gasteiger partial charge in [-0.25, -0.2) is 16.8 Å². The molecular formula is C35H43NO7S2. The van der Waals surface area contributed by atoms with Crippen molar-refractivity contribution in [1.82, 2.24) is 0 Å². The number of ketones is 1. The largest absolute Gasteiger partial charge is 0.426 e. The molecule has 1 aliphatic heterocycles. The molecule has 0 radical (unpaired) electrons. The number of benzene rings is 2.